The maximum absolute atomic E-state index is 11.6. The summed E-state index contributed by atoms with van der Waals surface area (Å²) >= 11 is 0. The van der Waals surface area contributed by atoms with E-state index in [1.165, 1.54) is 13.4 Å². The van der Waals surface area contributed by atoms with E-state index < -0.39 is 0 Å². The van der Waals surface area contributed by atoms with E-state index in [0.29, 0.717) is 12.0 Å². The van der Waals surface area contributed by atoms with Crippen LogP contribution in [-0.2, 0) is 23.7 Å². The lowest BCUT2D eigenvalue weighted by atomic mass is 9.75. The molecule has 0 aromatic carbocycles. The second-order valence-corrected chi connectivity index (χ2v) is 4.40. The Kier molecular flexibility index (Phi) is 2.19. The minimum atomic E-state index is -0.316. The maximum atomic E-state index is 11.6. The Balaban J connectivity index is 1.93. The summed E-state index contributed by atoms with van der Waals surface area (Å²) in [7, 11) is 1.38. The molecule has 4 aliphatic rings. The Labute approximate surface area is 93.3 Å². The van der Waals surface area contributed by atoms with E-state index >= 15 is 0 Å². The first-order valence-corrected chi connectivity index (χ1v) is 5.45. The van der Waals surface area contributed by atoms with Crippen molar-refractivity contribution in [2.75, 3.05) is 7.11 Å². The maximum Gasteiger partial charge on any atom is 0.337 e. The Morgan fingerprint density at radius 1 is 1.50 bits per heavy atom. The van der Waals surface area contributed by atoms with Crippen molar-refractivity contribution in [2.45, 2.75) is 32.0 Å². The van der Waals surface area contributed by atoms with Crippen LogP contribution in [0.1, 0.15) is 13.3 Å². The molecule has 0 aromatic rings. The molecule has 5 nitrogen and oxygen atoms in total. The molecule has 4 bridgehead atoms. The van der Waals surface area contributed by atoms with Crippen LogP contribution >= 0.6 is 0 Å². The van der Waals surface area contributed by atoms with Gasteiger partial charge in [-0.25, -0.2) is 4.79 Å². The van der Waals surface area contributed by atoms with Crippen molar-refractivity contribution in [3.63, 3.8) is 0 Å². The summed E-state index contributed by atoms with van der Waals surface area (Å²) in [6.45, 7) is 1.99. The third-order valence-corrected chi connectivity index (χ3v) is 3.57. The van der Waals surface area contributed by atoms with Gasteiger partial charge in [0.1, 0.15) is 0 Å². The zero-order chi connectivity index (χ0) is 11.3. The predicted octanol–water partition coefficient (Wildman–Crippen LogP) is 0.797. The van der Waals surface area contributed by atoms with Gasteiger partial charge in [0.05, 0.1) is 31.0 Å². The Morgan fingerprint density at radius 3 is 3.00 bits per heavy atom. The molecule has 88 valence electrons. The molecule has 0 radical (unpaired) electrons. The molecule has 3 fully saturated rings. The van der Waals surface area contributed by atoms with Crippen molar-refractivity contribution in [3.8, 4) is 0 Å². The van der Waals surface area contributed by atoms with Gasteiger partial charge >= 0.3 is 5.97 Å². The van der Waals surface area contributed by atoms with Crippen LogP contribution in [0.3, 0.4) is 0 Å². The number of fused-ring (bicyclic) bond motifs is 1. The molecule has 4 aliphatic heterocycles. The summed E-state index contributed by atoms with van der Waals surface area (Å²) in [5.41, 5.74) is 0.604. The van der Waals surface area contributed by atoms with Crippen molar-refractivity contribution in [3.05, 3.63) is 11.8 Å². The van der Waals surface area contributed by atoms with Gasteiger partial charge in [0.2, 0.25) is 6.29 Å². The monoisotopic (exact) mass is 226 g/mol. The van der Waals surface area contributed by atoms with Gasteiger partial charge in [-0.3, -0.25) is 0 Å². The largest absolute Gasteiger partial charge is 0.471 e. The number of ether oxygens (including phenoxy) is 4. The molecule has 16 heavy (non-hydrogen) atoms. The molecule has 0 aromatic heterocycles. The third kappa shape index (κ3) is 1.28. The zero-order valence-corrected chi connectivity index (χ0v) is 9.21. The minimum absolute atomic E-state index is 0.0517. The lowest BCUT2D eigenvalue weighted by Crippen LogP contribution is -2.57. The van der Waals surface area contributed by atoms with Crippen LogP contribution in [0.5, 0.6) is 0 Å². The molecule has 5 atom stereocenters. The quantitative estimate of drug-likeness (QED) is 0.619. The number of rotatable bonds is 1. The number of esters is 1. The summed E-state index contributed by atoms with van der Waals surface area (Å²) in [6.07, 6.45) is 1.70. The second-order valence-electron chi connectivity index (χ2n) is 4.40. The molecule has 4 heterocycles. The van der Waals surface area contributed by atoms with Gasteiger partial charge in [-0.05, 0) is 6.92 Å². The highest BCUT2D eigenvalue weighted by Gasteiger charge is 2.53. The van der Waals surface area contributed by atoms with E-state index in [9.17, 15) is 4.79 Å². The van der Waals surface area contributed by atoms with Crippen molar-refractivity contribution >= 4 is 5.97 Å². The fraction of sp³-hybridized carbons (Fsp3) is 0.727. The van der Waals surface area contributed by atoms with E-state index in [1.54, 1.807) is 0 Å². The average Bonchev–Trinajstić information content (AvgIpc) is 2.27. The Morgan fingerprint density at radius 2 is 2.31 bits per heavy atom. The minimum Gasteiger partial charge on any atom is -0.471 e. The molecular weight excluding hydrogens is 212 g/mol. The molecule has 4 unspecified atom stereocenters. The molecule has 0 aliphatic carbocycles. The third-order valence-electron chi connectivity index (χ3n) is 3.57. The first kappa shape index (κ1) is 10.1. The molecule has 0 amide bonds. The van der Waals surface area contributed by atoms with Gasteiger partial charge in [0.15, 0.2) is 6.29 Å². The van der Waals surface area contributed by atoms with Gasteiger partial charge in [0.25, 0.3) is 0 Å². The van der Waals surface area contributed by atoms with Crippen molar-refractivity contribution in [1.82, 2.24) is 0 Å². The summed E-state index contributed by atoms with van der Waals surface area (Å²) in [6, 6.07) is 0. The van der Waals surface area contributed by atoms with Crippen LogP contribution in [0, 0.1) is 11.8 Å². The molecule has 4 rings (SSSR count). The van der Waals surface area contributed by atoms with Crippen LogP contribution in [0.15, 0.2) is 11.8 Å². The van der Waals surface area contributed by atoms with Crippen LogP contribution < -0.4 is 0 Å². The summed E-state index contributed by atoms with van der Waals surface area (Å²) < 4.78 is 21.3. The number of hydrogen-bond donors (Lipinski definition) is 0. The van der Waals surface area contributed by atoms with E-state index in [0.717, 1.165) is 0 Å². The van der Waals surface area contributed by atoms with Crippen molar-refractivity contribution in [2.24, 2.45) is 11.8 Å². The highest BCUT2D eigenvalue weighted by molar-refractivity contribution is 5.89. The number of hydrogen-bond acceptors (Lipinski definition) is 5. The first-order valence-electron chi connectivity index (χ1n) is 5.45. The molecule has 5 heteroatoms. The van der Waals surface area contributed by atoms with Crippen LogP contribution in [0.25, 0.3) is 0 Å². The standard InChI is InChI=1S/C11H14O5/c1-5-9-6-3-8(15-5)16-11(9)14-4-7(6)10(12)13-2/h4-6,8-9,11H,3H2,1-2H3/t5-,6?,8?,9?,11?/m1/s1. The summed E-state index contributed by atoms with van der Waals surface area (Å²) in [5, 5.41) is 0. The SMILES string of the molecule is COC(=O)C1=COC2OC3CC1C2[C@@H](C)O3. The number of methoxy groups -OCH3 is 1. The van der Waals surface area contributed by atoms with E-state index in [1.807, 2.05) is 6.92 Å². The number of carbonyl (C=O) groups is 1. The molecular formula is C11H14O5. The summed E-state index contributed by atoms with van der Waals surface area (Å²) in [5.74, 6) is -0.0963. The van der Waals surface area contributed by atoms with Gasteiger partial charge in [-0.15, -0.1) is 0 Å². The lowest BCUT2D eigenvalue weighted by molar-refractivity contribution is -0.363. The second kappa shape index (κ2) is 3.46. The summed E-state index contributed by atoms with van der Waals surface area (Å²) in [4.78, 5) is 11.6. The van der Waals surface area contributed by atoms with Crippen LogP contribution in [0.4, 0.5) is 0 Å². The lowest BCUT2D eigenvalue weighted by Gasteiger charge is -2.51. The highest BCUT2D eigenvalue weighted by atomic mass is 16.8. The molecule has 0 N–H and O–H groups in total. The van der Waals surface area contributed by atoms with Crippen LogP contribution in [-0.4, -0.2) is 31.8 Å². The first-order chi connectivity index (χ1) is 7.70. The van der Waals surface area contributed by atoms with Gasteiger partial charge < -0.3 is 18.9 Å². The fourth-order valence-corrected chi connectivity index (χ4v) is 2.82. The smallest absolute Gasteiger partial charge is 0.337 e. The topological polar surface area (TPSA) is 54.0 Å². The van der Waals surface area contributed by atoms with Crippen molar-refractivity contribution in [1.29, 1.82) is 0 Å². The average molecular weight is 226 g/mol. The predicted molar refractivity (Wildman–Crippen MR) is 52.0 cm³/mol. The van der Waals surface area contributed by atoms with E-state index in [4.69, 9.17) is 18.9 Å². The van der Waals surface area contributed by atoms with Crippen LogP contribution in [0.2, 0.25) is 0 Å². The Hall–Kier alpha value is -1.07. The molecule has 3 saturated heterocycles. The normalized spacial score (nSPS) is 44.6. The van der Waals surface area contributed by atoms with E-state index in [-0.39, 0.29) is 36.5 Å². The molecule has 0 saturated carbocycles. The van der Waals surface area contributed by atoms with E-state index in [2.05, 4.69) is 0 Å². The Bertz CT molecular complexity index is 350. The highest BCUT2D eigenvalue weighted by Crippen LogP contribution is 2.47. The molecule has 0 spiro atoms. The zero-order valence-electron chi connectivity index (χ0n) is 9.21. The van der Waals surface area contributed by atoms with Gasteiger partial charge in [-0.1, -0.05) is 0 Å². The fourth-order valence-electron chi connectivity index (χ4n) is 2.82. The number of carbonyl (C=O) groups excluding carboxylic acids is 1. The van der Waals surface area contributed by atoms with Gasteiger partial charge in [0, 0.05) is 12.3 Å². The van der Waals surface area contributed by atoms with Crippen molar-refractivity contribution < 1.29 is 23.7 Å². The van der Waals surface area contributed by atoms with Gasteiger partial charge in [-0.2, -0.15) is 0 Å².